The summed E-state index contributed by atoms with van der Waals surface area (Å²) in [4.78, 5) is 13.9. The van der Waals surface area contributed by atoms with Crippen molar-refractivity contribution in [2.24, 2.45) is 0 Å². The first-order valence-corrected chi connectivity index (χ1v) is 10.5. The highest BCUT2D eigenvalue weighted by Gasteiger charge is 2.19. The van der Waals surface area contributed by atoms with Gasteiger partial charge in [-0.05, 0) is 47.4 Å². The lowest BCUT2D eigenvalue weighted by Gasteiger charge is -2.10. The molecule has 0 fully saturated rings. The average molecular weight is 433 g/mol. The molecule has 0 atom stereocenters. The molecule has 0 saturated heterocycles. The number of thiophene rings is 1. The summed E-state index contributed by atoms with van der Waals surface area (Å²) in [6.45, 7) is 0.709. The predicted molar refractivity (Wildman–Crippen MR) is 120 cm³/mol. The minimum atomic E-state index is -0.195. The summed E-state index contributed by atoms with van der Waals surface area (Å²) >= 11 is 1.60. The molecule has 1 amide bonds. The Labute approximate surface area is 182 Å². The van der Waals surface area contributed by atoms with E-state index in [0.717, 1.165) is 32.8 Å². The van der Waals surface area contributed by atoms with Gasteiger partial charge in [0.25, 0.3) is 5.91 Å². The second kappa shape index (κ2) is 8.16. The van der Waals surface area contributed by atoms with Crippen LogP contribution >= 0.6 is 11.3 Å². The quantitative estimate of drug-likeness (QED) is 0.469. The van der Waals surface area contributed by atoms with Gasteiger partial charge in [0.2, 0.25) is 6.79 Å². The molecule has 0 aliphatic carbocycles. The third-order valence-electron chi connectivity index (χ3n) is 4.99. The zero-order valence-corrected chi connectivity index (χ0v) is 17.5. The molecule has 31 heavy (non-hydrogen) atoms. The maximum absolute atomic E-state index is 12.8. The van der Waals surface area contributed by atoms with Crippen molar-refractivity contribution in [3.63, 3.8) is 0 Å². The molecular weight excluding hydrogens is 414 g/mol. The van der Waals surface area contributed by atoms with Gasteiger partial charge >= 0.3 is 0 Å². The minimum absolute atomic E-state index is 0.195. The molecule has 2 aromatic carbocycles. The number of carbonyl (C=O) groups excluding carboxylic acids is 1. The van der Waals surface area contributed by atoms with Crippen LogP contribution in [0.15, 0.2) is 47.8 Å². The number of nitrogens with one attached hydrogen (secondary N) is 2. The van der Waals surface area contributed by atoms with Gasteiger partial charge < -0.3 is 19.5 Å². The van der Waals surface area contributed by atoms with Crippen molar-refractivity contribution in [1.82, 2.24) is 15.5 Å². The van der Waals surface area contributed by atoms with Crippen LogP contribution in [0, 0.1) is 0 Å². The topological polar surface area (TPSA) is 85.5 Å². The SMILES string of the molecule is COc1c(C(=O)NCc2cccs2)ccc2[nH]nc(/C=C/c3ccc4c(c3)OCO4)c12. The van der Waals surface area contributed by atoms with Crippen LogP contribution in [0.1, 0.15) is 26.5 Å². The molecule has 1 aliphatic heterocycles. The van der Waals surface area contributed by atoms with E-state index in [4.69, 9.17) is 14.2 Å². The first-order chi connectivity index (χ1) is 15.2. The Morgan fingerprint density at radius 2 is 2.13 bits per heavy atom. The van der Waals surface area contributed by atoms with E-state index in [0.29, 0.717) is 23.6 Å². The molecule has 156 valence electrons. The summed E-state index contributed by atoms with van der Waals surface area (Å²) in [6.07, 6.45) is 3.81. The van der Waals surface area contributed by atoms with Crippen molar-refractivity contribution in [2.75, 3.05) is 13.9 Å². The number of carbonyl (C=O) groups is 1. The number of fused-ring (bicyclic) bond motifs is 2. The fraction of sp³-hybridized carbons (Fsp3) is 0.130. The largest absolute Gasteiger partial charge is 0.495 e. The van der Waals surface area contributed by atoms with E-state index < -0.39 is 0 Å². The van der Waals surface area contributed by atoms with Crippen molar-refractivity contribution >= 4 is 40.3 Å². The summed E-state index contributed by atoms with van der Waals surface area (Å²) in [5, 5.41) is 13.1. The average Bonchev–Trinajstić information content (AvgIpc) is 3.55. The standard InChI is InChI=1S/C23H19N3O4S/c1-28-22-16(23(27)24-12-15-3-2-10-31-15)6-8-18-21(22)17(25-26-18)7-4-14-5-9-19-20(11-14)30-13-29-19/h2-11H,12-13H2,1H3,(H,24,27)(H,25,26)/b7-4+. The minimum Gasteiger partial charge on any atom is -0.495 e. The molecule has 3 heterocycles. The van der Waals surface area contributed by atoms with Crippen LogP contribution in [0.3, 0.4) is 0 Å². The van der Waals surface area contributed by atoms with Gasteiger partial charge in [-0.1, -0.05) is 18.2 Å². The van der Waals surface area contributed by atoms with Crippen LogP contribution in [0.4, 0.5) is 0 Å². The normalized spacial score (nSPS) is 12.5. The summed E-state index contributed by atoms with van der Waals surface area (Å²) in [7, 11) is 1.56. The van der Waals surface area contributed by atoms with Crippen LogP contribution in [0.25, 0.3) is 23.1 Å². The number of aromatic nitrogens is 2. The van der Waals surface area contributed by atoms with E-state index in [1.165, 1.54) is 0 Å². The highest BCUT2D eigenvalue weighted by atomic mass is 32.1. The second-order valence-electron chi connectivity index (χ2n) is 6.89. The van der Waals surface area contributed by atoms with Crippen LogP contribution in [-0.4, -0.2) is 30.0 Å². The van der Waals surface area contributed by atoms with E-state index in [1.807, 2.05) is 53.9 Å². The summed E-state index contributed by atoms with van der Waals surface area (Å²) in [5.41, 5.74) is 2.88. The molecule has 4 aromatic rings. The van der Waals surface area contributed by atoms with Crippen LogP contribution in [-0.2, 0) is 6.54 Å². The van der Waals surface area contributed by atoms with Gasteiger partial charge in [-0.3, -0.25) is 9.89 Å². The Morgan fingerprint density at radius 1 is 1.23 bits per heavy atom. The van der Waals surface area contributed by atoms with Gasteiger partial charge in [0.1, 0.15) is 5.75 Å². The Morgan fingerprint density at radius 3 is 2.97 bits per heavy atom. The lowest BCUT2D eigenvalue weighted by Crippen LogP contribution is -2.22. The number of hydrogen-bond donors (Lipinski definition) is 2. The van der Waals surface area contributed by atoms with Crippen molar-refractivity contribution in [3.8, 4) is 17.2 Å². The highest BCUT2D eigenvalue weighted by Crippen LogP contribution is 2.34. The fourth-order valence-corrected chi connectivity index (χ4v) is 4.13. The molecule has 8 heteroatoms. The molecule has 0 spiro atoms. The van der Waals surface area contributed by atoms with Crippen molar-refractivity contribution in [3.05, 3.63) is 69.5 Å². The lowest BCUT2D eigenvalue weighted by atomic mass is 10.1. The molecule has 5 rings (SSSR count). The second-order valence-corrected chi connectivity index (χ2v) is 7.92. The molecule has 0 unspecified atom stereocenters. The summed E-state index contributed by atoms with van der Waals surface area (Å²) in [5.74, 6) is 1.75. The zero-order valence-electron chi connectivity index (χ0n) is 16.7. The van der Waals surface area contributed by atoms with E-state index in [2.05, 4.69) is 15.5 Å². The molecule has 0 bridgehead atoms. The monoisotopic (exact) mass is 433 g/mol. The predicted octanol–water partition coefficient (Wildman–Crippen LogP) is 4.46. The maximum Gasteiger partial charge on any atom is 0.255 e. The Hall–Kier alpha value is -3.78. The van der Waals surface area contributed by atoms with Gasteiger partial charge in [-0.25, -0.2) is 0 Å². The summed E-state index contributed by atoms with van der Waals surface area (Å²) in [6, 6.07) is 13.3. The van der Waals surface area contributed by atoms with Gasteiger partial charge in [-0.2, -0.15) is 5.10 Å². The number of amides is 1. The first kappa shape index (κ1) is 19.2. The molecule has 2 aromatic heterocycles. The molecule has 7 nitrogen and oxygen atoms in total. The molecule has 2 N–H and O–H groups in total. The van der Waals surface area contributed by atoms with Crippen LogP contribution < -0.4 is 19.5 Å². The number of H-pyrrole nitrogens is 1. The van der Waals surface area contributed by atoms with Crippen LogP contribution in [0.5, 0.6) is 17.2 Å². The van der Waals surface area contributed by atoms with E-state index in [-0.39, 0.29) is 12.7 Å². The van der Waals surface area contributed by atoms with Crippen molar-refractivity contribution in [1.29, 1.82) is 0 Å². The molecule has 0 saturated carbocycles. The van der Waals surface area contributed by atoms with Gasteiger partial charge in [0.15, 0.2) is 11.5 Å². The molecule has 1 aliphatic rings. The zero-order chi connectivity index (χ0) is 21.2. The summed E-state index contributed by atoms with van der Waals surface area (Å²) < 4.78 is 16.4. The number of benzene rings is 2. The smallest absolute Gasteiger partial charge is 0.255 e. The maximum atomic E-state index is 12.8. The Balaban J connectivity index is 1.45. The van der Waals surface area contributed by atoms with E-state index in [1.54, 1.807) is 24.5 Å². The number of methoxy groups -OCH3 is 1. The number of hydrogen-bond acceptors (Lipinski definition) is 6. The van der Waals surface area contributed by atoms with Gasteiger partial charge in [-0.15, -0.1) is 11.3 Å². The number of rotatable bonds is 6. The third kappa shape index (κ3) is 3.73. The van der Waals surface area contributed by atoms with E-state index in [9.17, 15) is 4.79 Å². The first-order valence-electron chi connectivity index (χ1n) is 9.66. The van der Waals surface area contributed by atoms with E-state index >= 15 is 0 Å². The fourth-order valence-electron chi connectivity index (χ4n) is 3.49. The number of aromatic amines is 1. The molecular formula is C23H19N3O4S. The molecule has 0 radical (unpaired) electrons. The van der Waals surface area contributed by atoms with Gasteiger partial charge in [0, 0.05) is 4.88 Å². The Kier molecular flexibility index (Phi) is 5.05. The number of ether oxygens (including phenoxy) is 3. The van der Waals surface area contributed by atoms with Crippen molar-refractivity contribution < 1.29 is 19.0 Å². The Bertz CT molecular complexity index is 1280. The van der Waals surface area contributed by atoms with Crippen LogP contribution in [0.2, 0.25) is 0 Å². The third-order valence-corrected chi connectivity index (χ3v) is 5.87. The number of nitrogens with zero attached hydrogens (tertiary/aromatic N) is 1. The van der Waals surface area contributed by atoms with Gasteiger partial charge in [0.05, 0.1) is 35.8 Å². The van der Waals surface area contributed by atoms with Crippen molar-refractivity contribution in [2.45, 2.75) is 6.54 Å². The highest BCUT2D eigenvalue weighted by molar-refractivity contribution is 7.09. The lowest BCUT2D eigenvalue weighted by molar-refractivity contribution is 0.0948.